The normalized spacial score (nSPS) is 32.7. The lowest BCUT2D eigenvalue weighted by Gasteiger charge is -2.35. The van der Waals surface area contributed by atoms with Crippen LogP contribution in [0.15, 0.2) is 0 Å². The van der Waals surface area contributed by atoms with Crippen molar-refractivity contribution in [1.82, 2.24) is 4.67 Å². The van der Waals surface area contributed by atoms with Crippen LogP contribution in [0.1, 0.15) is 20.3 Å². The molecule has 1 rings (SSSR count). The Kier molecular flexibility index (Phi) is 3.29. The van der Waals surface area contributed by atoms with Crippen LogP contribution in [-0.4, -0.2) is 31.0 Å². The van der Waals surface area contributed by atoms with Gasteiger partial charge in [0.25, 0.3) is 0 Å². The van der Waals surface area contributed by atoms with Gasteiger partial charge in [0.15, 0.2) is 0 Å². The Morgan fingerprint density at radius 1 is 1.58 bits per heavy atom. The van der Waals surface area contributed by atoms with Crippen LogP contribution in [0, 0.1) is 0 Å². The molecule has 0 spiro atoms. The van der Waals surface area contributed by atoms with Gasteiger partial charge in [0, 0.05) is 19.7 Å². The third kappa shape index (κ3) is 1.88. The van der Waals surface area contributed by atoms with Crippen molar-refractivity contribution < 1.29 is 13.6 Å². The molecule has 1 saturated heterocycles. The molecular formula is C7H16NO3P. The second-order valence-electron chi connectivity index (χ2n) is 3.09. The van der Waals surface area contributed by atoms with Crippen molar-refractivity contribution in [1.29, 1.82) is 0 Å². The van der Waals surface area contributed by atoms with E-state index < -0.39 is 7.75 Å². The van der Waals surface area contributed by atoms with E-state index in [0.29, 0.717) is 6.61 Å². The third-order valence-corrected chi connectivity index (χ3v) is 4.19. The van der Waals surface area contributed by atoms with Gasteiger partial charge in [-0.05, 0) is 20.3 Å². The minimum atomic E-state index is -2.93. The van der Waals surface area contributed by atoms with E-state index in [4.69, 9.17) is 9.05 Å². The Balaban J connectivity index is 2.74. The maximum Gasteiger partial charge on any atom is 0.408 e. The maximum absolute atomic E-state index is 11.9. The molecular weight excluding hydrogens is 177 g/mol. The molecule has 72 valence electrons. The number of hydrogen-bond donors (Lipinski definition) is 0. The molecule has 0 bridgehead atoms. The van der Waals surface area contributed by atoms with Gasteiger partial charge in [-0.1, -0.05) is 0 Å². The Morgan fingerprint density at radius 3 is 2.67 bits per heavy atom. The summed E-state index contributed by atoms with van der Waals surface area (Å²) in [7, 11) is -1.50. The lowest BCUT2D eigenvalue weighted by molar-refractivity contribution is 0.128. The average molecular weight is 193 g/mol. The molecule has 0 aromatic rings. The van der Waals surface area contributed by atoms with Crippen LogP contribution < -0.4 is 0 Å². The van der Waals surface area contributed by atoms with E-state index in [0.717, 1.165) is 13.0 Å². The third-order valence-electron chi connectivity index (χ3n) is 1.93. The SMILES string of the molecule is COP1(=O)OCCCN1C(C)C. The van der Waals surface area contributed by atoms with E-state index in [9.17, 15) is 4.57 Å². The monoisotopic (exact) mass is 193 g/mol. The van der Waals surface area contributed by atoms with E-state index in [1.165, 1.54) is 7.11 Å². The average Bonchev–Trinajstić information content (AvgIpc) is 2.05. The van der Waals surface area contributed by atoms with Gasteiger partial charge in [-0.25, -0.2) is 9.24 Å². The molecule has 0 N–H and O–H groups in total. The first kappa shape index (κ1) is 10.2. The minimum Gasteiger partial charge on any atom is -0.300 e. The fourth-order valence-electron chi connectivity index (χ4n) is 1.30. The summed E-state index contributed by atoms with van der Waals surface area (Å²) in [6, 6.07) is 0.205. The molecule has 0 amide bonds. The van der Waals surface area contributed by atoms with Crippen LogP contribution in [0.2, 0.25) is 0 Å². The molecule has 5 heteroatoms. The summed E-state index contributed by atoms with van der Waals surface area (Å²) in [6.45, 7) is 5.30. The molecule has 0 aliphatic carbocycles. The van der Waals surface area contributed by atoms with Gasteiger partial charge >= 0.3 is 7.75 Å². The summed E-state index contributed by atoms with van der Waals surface area (Å²) in [4.78, 5) is 0. The lowest BCUT2D eigenvalue weighted by Crippen LogP contribution is -2.34. The molecule has 0 saturated carbocycles. The Bertz CT molecular complexity index is 195. The van der Waals surface area contributed by atoms with E-state index in [2.05, 4.69) is 0 Å². The number of hydrogen-bond acceptors (Lipinski definition) is 3. The lowest BCUT2D eigenvalue weighted by atomic mass is 10.3. The maximum atomic E-state index is 11.9. The second-order valence-corrected chi connectivity index (χ2v) is 5.17. The van der Waals surface area contributed by atoms with Gasteiger partial charge in [-0.15, -0.1) is 0 Å². The summed E-state index contributed by atoms with van der Waals surface area (Å²) < 4.78 is 23.7. The first-order chi connectivity index (χ1) is 5.60. The molecule has 1 fully saturated rings. The van der Waals surface area contributed by atoms with Gasteiger partial charge in [-0.2, -0.15) is 0 Å². The molecule has 1 unspecified atom stereocenters. The van der Waals surface area contributed by atoms with Crippen molar-refractivity contribution in [2.24, 2.45) is 0 Å². The standard InChI is InChI=1S/C7H16NO3P/c1-7(2)8-5-4-6-11-12(8,9)10-3/h7H,4-6H2,1-3H3. The van der Waals surface area contributed by atoms with Crippen LogP contribution >= 0.6 is 7.75 Å². The van der Waals surface area contributed by atoms with Gasteiger partial charge in [-0.3, -0.25) is 9.05 Å². The van der Waals surface area contributed by atoms with Gasteiger partial charge in [0.2, 0.25) is 0 Å². The van der Waals surface area contributed by atoms with Crippen molar-refractivity contribution in [2.75, 3.05) is 20.3 Å². The van der Waals surface area contributed by atoms with Crippen molar-refractivity contribution >= 4 is 7.75 Å². The molecule has 4 nitrogen and oxygen atoms in total. The molecule has 1 aliphatic heterocycles. The molecule has 1 heterocycles. The van der Waals surface area contributed by atoms with Gasteiger partial charge in [0.05, 0.1) is 6.61 Å². The van der Waals surface area contributed by atoms with Crippen molar-refractivity contribution in [3.8, 4) is 0 Å². The highest BCUT2D eigenvalue weighted by molar-refractivity contribution is 7.51. The highest BCUT2D eigenvalue weighted by Gasteiger charge is 2.36. The first-order valence-corrected chi connectivity index (χ1v) is 5.67. The first-order valence-electron chi connectivity index (χ1n) is 4.17. The Hall–Kier alpha value is 0.110. The summed E-state index contributed by atoms with van der Waals surface area (Å²) in [6.07, 6.45) is 0.922. The Labute approximate surface area is 73.4 Å². The van der Waals surface area contributed by atoms with E-state index >= 15 is 0 Å². The number of rotatable bonds is 2. The topological polar surface area (TPSA) is 38.8 Å². The Morgan fingerprint density at radius 2 is 2.25 bits per heavy atom. The largest absolute Gasteiger partial charge is 0.408 e. The molecule has 12 heavy (non-hydrogen) atoms. The zero-order valence-corrected chi connectivity index (χ0v) is 8.71. The summed E-state index contributed by atoms with van der Waals surface area (Å²) in [5.41, 5.74) is 0. The zero-order valence-electron chi connectivity index (χ0n) is 7.82. The van der Waals surface area contributed by atoms with Crippen LogP contribution in [-0.2, 0) is 13.6 Å². The van der Waals surface area contributed by atoms with Gasteiger partial charge in [0.1, 0.15) is 0 Å². The molecule has 1 atom stereocenters. The van der Waals surface area contributed by atoms with Crippen molar-refractivity contribution in [3.05, 3.63) is 0 Å². The predicted molar refractivity (Wildman–Crippen MR) is 47.0 cm³/mol. The van der Waals surface area contributed by atoms with E-state index in [1.807, 2.05) is 13.8 Å². The molecule has 0 radical (unpaired) electrons. The smallest absolute Gasteiger partial charge is 0.300 e. The van der Waals surface area contributed by atoms with Crippen LogP contribution in [0.4, 0.5) is 0 Å². The van der Waals surface area contributed by atoms with Crippen LogP contribution in [0.25, 0.3) is 0 Å². The highest BCUT2D eigenvalue weighted by Crippen LogP contribution is 2.54. The fraction of sp³-hybridized carbons (Fsp3) is 1.00. The van der Waals surface area contributed by atoms with Crippen LogP contribution in [0.3, 0.4) is 0 Å². The zero-order chi connectivity index (χ0) is 9.19. The molecule has 1 aliphatic rings. The van der Waals surface area contributed by atoms with Crippen molar-refractivity contribution in [2.45, 2.75) is 26.3 Å². The molecule has 0 aromatic heterocycles. The summed E-state index contributed by atoms with van der Waals surface area (Å²) in [5.74, 6) is 0. The molecule has 0 aromatic carbocycles. The highest BCUT2D eigenvalue weighted by atomic mass is 31.2. The minimum absolute atomic E-state index is 0.205. The quantitative estimate of drug-likeness (QED) is 0.627. The van der Waals surface area contributed by atoms with Gasteiger partial charge < -0.3 is 0 Å². The fourth-order valence-corrected chi connectivity index (χ4v) is 3.08. The summed E-state index contributed by atoms with van der Waals surface area (Å²) in [5, 5.41) is 0. The van der Waals surface area contributed by atoms with E-state index in [1.54, 1.807) is 4.67 Å². The predicted octanol–water partition coefficient (Wildman–Crippen LogP) is 1.87. The van der Waals surface area contributed by atoms with Crippen molar-refractivity contribution in [3.63, 3.8) is 0 Å². The van der Waals surface area contributed by atoms with Crippen LogP contribution in [0.5, 0.6) is 0 Å². The number of nitrogens with zero attached hydrogens (tertiary/aromatic N) is 1. The second kappa shape index (κ2) is 3.88. The summed E-state index contributed by atoms with van der Waals surface area (Å²) >= 11 is 0. The van der Waals surface area contributed by atoms with E-state index in [-0.39, 0.29) is 6.04 Å².